The number of rotatable bonds is 6. The molecule has 0 bridgehead atoms. The first-order valence-corrected chi connectivity index (χ1v) is 10.8. The summed E-state index contributed by atoms with van der Waals surface area (Å²) in [5, 5.41) is 11.8. The van der Waals surface area contributed by atoms with E-state index >= 15 is 0 Å². The first kappa shape index (κ1) is 19.0. The third-order valence-corrected chi connectivity index (χ3v) is 7.21. The molecule has 0 saturated carbocycles. The van der Waals surface area contributed by atoms with Gasteiger partial charge in [0.2, 0.25) is 10.0 Å². The Morgan fingerprint density at radius 3 is 2.38 bits per heavy atom. The Labute approximate surface area is 158 Å². The molecule has 1 heterocycles. The van der Waals surface area contributed by atoms with Gasteiger partial charge in [-0.1, -0.05) is 44.2 Å². The molecule has 0 amide bonds. The summed E-state index contributed by atoms with van der Waals surface area (Å²) in [5.74, 6) is 0.341. The third kappa shape index (κ3) is 3.99. The Morgan fingerprint density at radius 1 is 1.12 bits per heavy atom. The molecule has 1 atom stereocenters. The predicted octanol–water partition coefficient (Wildman–Crippen LogP) is 4.21. The molecule has 0 saturated heterocycles. The van der Waals surface area contributed by atoms with Crippen molar-refractivity contribution in [3.05, 3.63) is 65.0 Å². The molecule has 4 nitrogen and oxygen atoms in total. The molecule has 0 aliphatic heterocycles. The Hall–Kier alpha value is -1.73. The summed E-state index contributed by atoms with van der Waals surface area (Å²) in [6.45, 7) is 5.66. The maximum absolute atomic E-state index is 12.5. The van der Waals surface area contributed by atoms with Gasteiger partial charge in [0.05, 0.1) is 4.90 Å². The molecule has 0 aliphatic rings. The van der Waals surface area contributed by atoms with E-state index in [4.69, 9.17) is 0 Å². The van der Waals surface area contributed by atoms with Gasteiger partial charge in [0.15, 0.2) is 0 Å². The fourth-order valence-electron chi connectivity index (χ4n) is 2.69. The zero-order valence-electron chi connectivity index (χ0n) is 15.1. The topological polar surface area (TPSA) is 66.4 Å². The monoisotopic (exact) mass is 389 g/mol. The lowest BCUT2D eigenvalue weighted by Gasteiger charge is -2.22. The molecule has 1 aromatic heterocycles. The lowest BCUT2D eigenvalue weighted by atomic mass is 10.0. The van der Waals surface area contributed by atoms with Crippen molar-refractivity contribution in [2.24, 2.45) is 0 Å². The normalized spacial score (nSPS) is 14.7. The van der Waals surface area contributed by atoms with Crippen LogP contribution in [0.4, 0.5) is 0 Å². The van der Waals surface area contributed by atoms with Crippen molar-refractivity contribution in [1.82, 2.24) is 4.72 Å². The van der Waals surface area contributed by atoms with Gasteiger partial charge in [-0.25, -0.2) is 13.1 Å². The van der Waals surface area contributed by atoms with Gasteiger partial charge in [-0.05, 0) is 48.1 Å². The summed E-state index contributed by atoms with van der Waals surface area (Å²) in [4.78, 5) is 0.936. The average molecular weight is 390 g/mol. The molecular weight excluding hydrogens is 366 g/mol. The van der Waals surface area contributed by atoms with Crippen LogP contribution in [0.3, 0.4) is 0 Å². The summed E-state index contributed by atoms with van der Waals surface area (Å²) >= 11 is 1.47. The second kappa shape index (κ2) is 7.12. The minimum Gasteiger partial charge on any atom is -0.383 e. The number of nitrogens with one attached hydrogen (secondary N) is 1. The smallest absolute Gasteiger partial charge is 0.240 e. The van der Waals surface area contributed by atoms with Crippen LogP contribution < -0.4 is 4.72 Å². The quantitative estimate of drug-likeness (QED) is 0.664. The van der Waals surface area contributed by atoms with Gasteiger partial charge in [0, 0.05) is 16.1 Å². The molecular formula is C20H23NO3S2. The van der Waals surface area contributed by atoms with Crippen molar-refractivity contribution in [3.63, 3.8) is 0 Å². The van der Waals surface area contributed by atoms with E-state index in [1.807, 2.05) is 42.5 Å². The number of aliphatic hydroxyl groups is 1. The molecule has 0 radical (unpaired) electrons. The zero-order chi connectivity index (χ0) is 18.9. The number of hydrogen-bond acceptors (Lipinski definition) is 4. The van der Waals surface area contributed by atoms with Gasteiger partial charge in [-0.2, -0.15) is 0 Å². The summed E-state index contributed by atoms with van der Waals surface area (Å²) < 4.78 is 28.7. The first-order valence-electron chi connectivity index (χ1n) is 8.50. The van der Waals surface area contributed by atoms with Gasteiger partial charge in [0.1, 0.15) is 5.60 Å². The third-order valence-electron chi connectivity index (χ3n) is 4.42. The molecule has 3 aromatic rings. The van der Waals surface area contributed by atoms with Gasteiger partial charge in [-0.3, -0.25) is 0 Å². The molecule has 26 heavy (non-hydrogen) atoms. The highest BCUT2D eigenvalue weighted by Gasteiger charge is 2.28. The Kier molecular flexibility index (Phi) is 5.21. The van der Waals surface area contributed by atoms with Crippen molar-refractivity contribution in [3.8, 4) is 0 Å². The van der Waals surface area contributed by atoms with Crippen molar-refractivity contribution in [2.45, 2.75) is 37.2 Å². The fourth-order valence-corrected chi connectivity index (χ4v) is 4.92. The molecule has 2 aromatic carbocycles. The van der Waals surface area contributed by atoms with Crippen LogP contribution in [-0.4, -0.2) is 20.1 Å². The van der Waals surface area contributed by atoms with E-state index in [2.05, 4.69) is 18.6 Å². The van der Waals surface area contributed by atoms with Crippen molar-refractivity contribution in [1.29, 1.82) is 0 Å². The summed E-state index contributed by atoms with van der Waals surface area (Å²) in [7, 11) is -3.68. The SMILES string of the molecule is CC(C)c1ccc(S(=O)(=O)NCC(C)(O)c2cc3ccccc3s2)cc1. The van der Waals surface area contributed by atoms with Crippen LogP contribution in [0.25, 0.3) is 10.1 Å². The minimum absolute atomic E-state index is 0.0892. The first-order chi connectivity index (χ1) is 12.2. The van der Waals surface area contributed by atoms with Crippen molar-refractivity contribution in [2.75, 3.05) is 6.54 Å². The van der Waals surface area contributed by atoms with Crippen LogP contribution in [0.5, 0.6) is 0 Å². The second-order valence-corrected chi connectivity index (χ2v) is 9.82. The van der Waals surface area contributed by atoms with Crippen LogP contribution in [-0.2, 0) is 15.6 Å². The summed E-state index contributed by atoms with van der Waals surface area (Å²) in [6.07, 6.45) is 0. The molecule has 1 unspecified atom stereocenters. The standard InChI is InChI=1S/C20H23NO3S2/c1-14(2)15-8-10-17(11-9-15)26(23,24)21-13-20(3,22)19-12-16-6-4-5-7-18(16)25-19/h4-12,14,21-22H,13H2,1-3H3. The minimum atomic E-state index is -3.68. The Bertz CT molecular complexity index is 970. The van der Waals surface area contributed by atoms with E-state index in [1.54, 1.807) is 19.1 Å². The fraction of sp³-hybridized carbons (Fsp3) is 0.300. The molecule has 6 heteroatoms. The molecule has 3 rings (SSSR count). The van der Waals surface area contributed by atoms with Crippen LogP contribution in [0.15, 0.2) is 59.5 Å². The average Bonchev–Trinajstić information content (AvgIpc) is 3.05. The summed E-state index contributed by atoms with van der Waals surface area (Å²) in [5.41, 5.74) is -0.199. The van der Waals surface area contributed by atoms with Crippen LogP contribution >= 0.6 is 11.3 Å². The van der Waals surface area contributed by atoms with Crippen LogP contribution in [0.2, 0.25) is 0 Å². The lowest BCUT2D eigenvalue weighted by molar-refractivity contribution is 0.0666. The number of thiophene rings is 1. The highest BCUT2D eigenvalue weighted by atomic mass is 32.2. The number of hydrogen-bond donors (Lipinski definition) is 2. The van der Waals surface area contributed by atoms with E-state index in [-0.39, 0.29) is 11.4 Å². The predicted molar refractivity (Wildman–Crippen MR) is 107 cm³/mol. The summed E-state index contributed by atoms with van der Waals surface area (Å²) in [6, 6.07) is 16.6. The van der Waals surface area contributed by atoms with Gasteiger partial charge < -0.3 is 5.11 Å². The highest BCUT2D eigenvalue weighted by molar-refractivity contribution is 7.89. The molecule has 2 N–H and O–H groups in total. The molecule has 138 valence electrons. The highest BCUT2D eigenvalue weighted by Crippen LogP contribution is 2.33. The number of benzene rings is 2. The van der Waals surface area contributed by atoms with Crippen LogP contribution in [0.1, 0.15) is 37.1 Å². The van der Waals surface area contributed by atoms with E-state index in [1.165, 1.54) is 11.3 Å². The Balaban J connectivity index is 1.77. The second-order valence-electron chi connectivity index (χ2n) is 6.97. The van der Waals surface area contributed by atoms with Gasteiger partial charge in [0.25, 0.3) is 0 Å². The Morgan fingerprint density at radius 2 is 1.77 bits per heavy atom. The largest absolute Gasteiger partial charge is 0.383 e. The molecule has 0 fully saturated rings. The van der Waals surface area contributed by atoms with Crippen molar-refractivity contribution < 1.29 is 13.5 Å². The van der Waals surface area contributed by atoms with E-state index in [0.29, 0.717) is 5.92 Å². The number of sulfonamides is 1. The van der Waals surface area contributed by atoms with Gasteiger partial charge >= 0.3 is 0 Å². The van der Waals surface area contributed by atoms with Crippen molar-refractivity contribution >= 4 is 31.4 Å². The van der Waals surface area contributed by atoms with E-state index < -0.39 is 15.6 Å². The lowest BCUT2D eigenvalue weighted by Crippen LogP contribution is -2.38. The molecule has 0 aliphatic carbocycles. The maximum atomic E-state index is 12.5. The van der Waals surface area contributed by atoms with Crippen LogP contribution in [0, 0.1) is 0 Å². The zero-order valence-corrected chi connectivity index (χ0v) is 16.7. The van der Waals surface area contributed by atoms with Gasteiger partial charge in [-0.15, -0.1) is 11.3 Å². The van der Waals surface area contributed by atoms with E-state index in [9.17, 15) is 13.5 Å². The number of fused-ring (bicyclic) bond motifs is 1. The molecule has 0 spiro atoms. The maximum Gasteiger partial charge on any atom is 0.240 e. The van der Waals surface area contributed by atoms with E-state index in [0.717, 1.165) is 20.5 Å².